The zero-order valence-electron chi connectivity index (χ0n) is 23.2. The van der Waals surface area contributed by atoms with Gasteiger partial charge in [-0.05, 0) is 55.5 Å². The van der Waals surface area contributed by atoms with E-state index in [9.17, 15) is 47.6 Å². The highest BCUT2D eigenvalue weighted by molar-refractivity contribution is 7.91. The second-order valence-electron chi connectivity index (χ2n) is 9.37. The van der Waals surface area contributed by atoms with Crippen LogP contribution in [0.25, 0.3) is 16.8 Å². The summed E-state index contributed by atoms with van der Waals surface area (Å²) in [6, 6.07) is 11.3. The molecule has 4 aromatic rings. The van der Waals surface area contributed by atoms with Crippen LogP contribution in [0.2, 0.25) is 0 Å². The fraction of sp³-hybridized carbons (Fsp3) is 0.125. The number of hydrogen-bond acceptors (Lipinski definition) is 13. The highest BCUT2D eigenvalue weighted by atomic mass is 32.3. The number of sulfone groups is 1. The molecule has 6 N–H and O–H groups in total. The van der Waals surface area contributed by atoms with Crippen LogP contribution in [0.4, 0.5) is 17.1 Å². The van der Waals surface area contributed by atoms with Crippen molar-refractivity contribution in [2.75, 3.05) is 18.1 Å². The van der Waals surface area contributed by atoms with Gasteiger partial charge in [0.1, 0.15) is 9.79 Å². The molecule has 1 heterocycles. The van der Waals surface area contributed by atoms with Gasteiger partial charge in [0.15, 0.2) is 15.5 Å². The van der Waals surface area contributed by atoms with Gasteiger partial charge in [-0.1, -0.05) is 12.1 Å². The van der Waals surface area contributed by atoms with E-state index >= 15 is 0 Å². The summed E-state index contributed by atoms with van der Waals surface area (Å²) in [4.78, 5) is 11.4. The van der Waals surface area contributed by atoms with Gasteiger partial charge in [-0.2, -0.15) is 30.4 Å². The minimum absolute atomic E-state index is 0.0485. The van der Waals surface area contributed by atoms with E-state index in [4.69, 9.17) is 10.3 Å². The molecule has 0 amide bonds. The predicted molar refractivity (Wildman–Crippen MR) is 161 cm³/mol. The number of aromatic nitrogens is 2. The van der Waals surface area contributed by atoms with E-state index in [1.807, 2.05) is 0 Å². The maximum Gasteiger partial charge on any atom is 0.397 e. The third kappa shape index (κ3) is 7.91. The number of rotatable bonds is 11. The lowest BCUT2D eigenvalue weighted by Gasteiger charge is -2.12. The van der Waals surface area contributed by atoms with Crippen molar-refractivity contribution < 1.29 is 51.5 Å². The SMILES string of the molecule is Cc1[nH]n(-c2ccc(S(=O)(=O)CCOS(=O)(=O)O)cc2)c(=O)c1N=Nc1ccc(-c2ccc(N)cc2S(=O)(=O)O)c(S(=O)(=O)O)c1. The normalized spacial score (nSPS) is 13.0. The Morgan fingerprint density at radius 1 is 0.804 bits per heavy atom. The van der Waals surface area contributed by atoms with Gasteiger partial charge in [0, 0.05) is 16.8 Å². The Labute approximate surface area is 261 Å². The number of nitrogen functional groups attached to an aromatic ring is 1. The van der Waals surface area contributed by atoms with Crippen LogP contribution in [0.15, 0.2) is 90.4 Å². The number of hydrogen-bond donors (Lipinski definition) is 5. The Balaban J connectivity index is 1.66. The van der Waals surface area contributed by atoms with Gasteiger partial charge < -0.3 is 5.73 Å². The van der Waals surface area contributed by atoms with Gasteiger partial charge in [-0.15, -0.1) is 5.11 Å². The zero-order valence-corrected chi connectivity index (χ0v) is 26.4. The molecule has 0 spiro atoms. The number of benzene rings is 3. The van der Waals surface area contributed by atoms with E-state index in [0.717, 1.165) is 41.1 Å². The van der Waals surface area contributed by atoms with Gasteiger partial charge in [-0.25, -0.2) is 17.3 Å². The summed E-state index contributed by atoms with van der Waals surface area (Å²) in [7, 11) is -18.7. The average Bonchev–Trinajstić information content (AvgIpc) is 3.22. The number of nitrogens with two attached hydrogens (primary N) is 1. The Morgan fingerprint density at radius 2 is 1.37 bits per heavy atom. The van der Waals surface area contributed by atoms with Gasteiger partial charge >= 0.3 is 10.4 Å². The summed E-state index contributed by atoms with van der Waals surface area (Å²) in [5, 5.41) is 10.5. The highest BCUT2D eigenvalue weighted by Gasteiger charge is 2.24. The Hall–Kier alpha value is -4.29. The Kier molecular flexibility index (Phi) is 9.38. The van der Waals surface area contributed by atoms with Crippen molar-refractivity contribution in [2.24, 2.45) is 10.2 Å². The summed E-state index contributed by atoms with van der Waals surface area (Å²) < 4.78 is 128. The number of aryl methyl sites for hydroxylation is 1. The number of nitrogens with one attached hydrogen (secondary N) is 1. The smallest absolute Gasteiger partial charge is 0.397 e. The fourth-order valence-corrected chi connectivity index (χ4v) is 7.05. The molecule has 0 atom stereocenters. The highest BCUT2D eigenvalue weighted by Crippen LogP contribution is 2.36. The molecule has 0 saturated heterocycles. The quantitative estimate of drug-likeness (QED) is 0.0845. The molecule has 0 bridgehead atoms. The molecule has 0 saturated carbocycles. The topological polar surface area (TPSA) is 295 Å². The number of aromatic amines is 1. The first kappa shape index (κ1) is 34.6. The van der Waals surface area contributed by atoms with Crippen LogP contribution >= 0.6 is 0 Å². The largest absolute Gasteiger partial charge is 0.399 e. The van der Waals surface area contributed by atoms with E-state index < -0.39 is 68.2 Å². The molecule has 1 aromatic heterocycles. The summed E-state index contributed by atoms with van der Waals surface area (Å²) in [5.74, 6) is -0.764. The average molecular weight is 718 g/mol. The number of nitrogens with zero attached hydrogens (tertiary/aromatic N) is 3. The van der Waals surface area contributed by atoms with Crippen LogP contribution in [0.1, 0.15) is 5.69 Å². The van der Waals surface area contributed by atoms with Crippen LogP contribution in [0, 0.1) is 6.92 Å². The van der Waals surface area contributed by atoms with Crippen LogP contribution < -0.4 is 11.3 Å². The molecule has 46 heavy (non-hydrogen) atoms. The zero-order chi connectivity index (χ0) is 34.2. The van der Waals surface area contributed by atoms with Crippen molar-refractivity contribution in [1.82, 2.24) is 9.78 Å². The van der Waals surface area contributed by atoms with Crippen LogP contribution in [-0.2, 0) is 44.7 Å². The minimum atomic E-state index is -5.00. The fourth-order valence-electron chi connectivity index (χ4n) is 4.10. The maximum absolute atomic E-state index is 13.1. The summed E-state index contributed by atoms with van der Waals surface area (Å²) in [6.45, 7) is 0.638. The van der Waals surface area contributed by atoms with Gasteiger partial charge in [0.05, 0.1) is 34.3 Å². The van der Waals surface area contributed by atoms with E-state index in [0.29, 0.717) is 0 Å². The van der Waals surface area contributed by atoms with E-state index in [-0.39, 0.29) is 44.5 Å². The molecule has 22 heteroatoms. The van der Waals surface area contributed by atoms with Gasteiger partial charge in [0.2, 0.25) is 0 Å². The van der Waals surface area contributed by atoms with E-state index in [2.05, 4.69) is 19.5 Å². The molecular formula is C24H23N5O13S4. The van der Waals surface area contributed by atoms with Crippen molar-refractivity contribution >= 4 is 57.5 Å². The number of anilines is 1. The van der Waals surface area contributed by atoms with Crippen molar-refractivity contribution in [3.05, 3.63) is 76.7 Å². The maximum atomic E-state index is 13.1. The summed E-state index contributed by atoms with van der Waals surface area (Å²) >= 11 is 0. The molecule has 0 aliphatic heterocycles. The van der Waals surface area contributed by atoms with E-state index in [1.54, 1.807) is 0 Å². The number of H-pyrrole nitrogens is 1. The first-order chi connectivity index (χ1) is 21.2. The van der Waals surface area contributed by atoms with Crippen molar-refractivity contribution in [2.45, 2.75) is 21.6 Å². The minimum Gasteiger partial charge on any atom is -0.399 e. The first-order valence-electron chi connectivity index (χ1n) is 12.3. The summed E-state index contributed by atoms with van der Waals surface area (Å²) in [6.07, 6.45) is 0. The lowest BCUT2D eigenvalue weighted by atomic mass is 10.0. The van der Waals surface area contributed by atoms with Crippen LogP contribution in [-0.4, -0.2) is 69.5 Å². The molecule has 18 nitrogen and oxygen atoms in total. The molecule has 0 fully saturated rings. The van der Waals surface area contributed by atoms with Crippen LogP contribution in [0.3, 0.4) is 0 Å². The molecule has 246 valence electrons. The monoisotopic (exact) mass is 717 g/mol. The standard InChI is InChI=1S/C24H23N5O13S4/c1-14-23(24(30)29(28-14)17-4-6-18(7-5-17)43(31,32)11-10-42-46(39,40)41)27-26-16-3-9-20(22(13-16)45(36,37)38)19-8-2-15(25)12-21(19)44(33,34)35/h2-9,12-13,28H,10-11,25H2,1H3,(H,33,34,35)(H,36,37,38)(H,39,40,41). The first-order valence-corrected chi connectivity index (χ1v) is 18.2. The van der Waals surface area contributed by atoms with Crippen LogP contribution in [0.5, 0.6) is 0 Å². The molecule has 3 aromatic carbocycles. The molecule has 0 radical (unpaired) electrons. The third-order valence-electron chi connectivity index (χ3n) is 6.16. The lowest BCUT2D eigenvalue weighted by molar-refractivity contribution is 0.284. The van der Waals surface area contributed by atoms with E-state index in [1.165, 1.54) is 31.2 Å². The van der Waals surface area contributed by atoms with Crippen molar-refractivity contribution in [3.8, 4) is 16.8 Å². The van der Waals surface area contributed by atoms with Crippen molar-refractivity contribution in [1.29, 1.82) is 0 Å². The summed E-state index contributed by atoms with van der Waals surface area (Å²) in [5.41, 5.74) is 4.15. The molecule has 0 aliphatic rings. The molecule has 4 rings (SSSR count). The predicted octanol–water partition coefficient (Wildman–Crippen LogP) is 2.23. The second kappa shape index (κ2) is 12.5. The van der Waals surface area contributed by atoms with Gasteiger partial charge in [0.25, 0.3) is 25.8 Å². The van der Waals surface area contributed by atoms with Gasteiger partial charge in [-0.3, -0.25) is 23.6 Å². The second-order valence-corrected chi connectivity index (χ2v) is 15.4. The van der Waals surface area contributed by atoms with Crippen molar-refractivity contribution in [3.63, 3.8) is 0 Å². The Bertz CT molecular complexity index is 2360. The number of azo groups is 1. The molecule has 0 aliphatic carbocycles. The Morgan fingerprint density at radius 3 is 1.93 bits per heavy atom. The molecular weight excluding hydrogens is 695 g/mol. The lowest BCUT2D eigenvalue weighted by Crippen LogP contribution is -2.16. The third-order valence-corrected chi connectivity index (χ3v) is 10.1. The molecule has 0 unspecified atom stereocenters.